The first-order valence-electron chi connectivity index (χ1n) is 6.89. The van der Waals surface area contributed by atoms with Crippen molar-refractivity contribution in [3.8, 4) is 0 Å². The monoisotopic (exact) mass is 259 g/mol. The number of hydrogen-bond acceptors (Lipinski definition) is 3. The van der Waals surface area contributed by atoms with Gasteiger partial charge in [0, 0.05) is 12.0 Å². The Morgan fingerprint density at radius 1 is 1.21 bits per heavy atom. The van der Waals surface area contributed by atoms with Crippen LogP contribution in [-0.2, 0) is 14.9 Å². The van der Waals surface area contributed by atoms with Gasteiger partial charge < -0.3 is 10.1 Å². The van der Waals surface area contributed by atoms with Crippen LogP contribution >= 0.6 is 0 Å². The highest BCUT2D eigenvalue weighted by Gasteiger charge is 2.66. The van der Waals surface area contributed by atoms with Crippen molar-refractivity contribution in [2.75, 3.05) is 6.54 Å². The first kappa shape index (κ1) is 12.7. The molecule has 3 heteroatoms. The summed E-state index contributed by atoms with van der Waals surface area (Å²) in [5.74, 6) is -0.0935. The fourth-order valence-corrected chi connectivity index (χ4v) is 3.38. The van der Waals surface area contributed by atoms with Gasteiger partial charge in [0.25, 0.3) is 0 Å². The molecule has 1 saturated carbocycles. The number of fused-ring (bicyclic) bond motifs is 1. The van der Waals surface area contributed by atoms with E-state index in [1.807, 2.05) is 26.8 Å². The molecule has 19 heavy (non-hydrogen) atoms. The molecule has 2 aliphatic heterocycles. The number of benzene rings is 1. The molecule has 4 rings (SSSR count). The molecule has 0 amide bonds. The molecule has 2 saturated heterocycles. The van der Waals surface area contributed by atoms with Crippen LogP contribution in [0.1, 0.15) is 39.2 Å². The lowest BCUT2D eigenvalue weighted by Gasteiger charge is -2.45. The molecule has 2 heterocycles. The SMILES string of the molecule is CC(C)(C)OC(=O)C12CC(c3ccccc3)(CN1)C2. The molecule has 3 nitrogen and oxygen atoms in total. The highest BCUT2D eigenvalue weighted by molar-refractivity contribution is 5.85. The Morgan fingerprint density at radius 3 is 2.42 bits per heavy atom. The number of carbonyl (C=O) groups excluding carboxylic acids is 1. The quantitative estimate of drug-likeness (QED) is 0.829. The van der Waals surface area contributed by atoms with Crippen LogP contribution < -0.4 is 5.32 Å². The molecule has 102 valence electrons. The highest BCUT2D eigenvalue weighted by Crippen LogP contribution is 2.55. The summed E-state index contributed by atoms with van der Waals surface area (Å²) in [5, 5.41) is 3.39. The zero-order valence-corrected chi connectivity index (χ0v) is 11.8. The second kappa shape index (κ2) is 3.83. The summed E-state index contributed by atoms with van der Waals surface area (Å²) in [4.78, 5) is 12.3. The maximum Gasteiger partial charge on any atom is 0.326 e. The third kappa shape index (κ3) is 1.96. The molecule has 0 aromatic heterocycles. The fourth-order valence-electron chi connectivity index (χ4n) is 3.38. The van der Waals surface area contributed by atoms with Crippen LogP contribution in [0.15, 0.2) is 30.3 Å². The lowest BCUT2D eigenvalue weighted by molar-refractivity contribution is -0.166. The predicted octanol–water partition coefficient (Wildman–Crippen LogP) is 2.40. The average Bonchev–Trinajstić information content (AvgIpc) is 2.84. The normalized spacial score (nSPS) is 32.8. The zero-order chi connectivity index (χ0) is 13.7. The Labute approximate surface area is 114 Å². The van der Waals surface area contributed by atoms with Gasteiger partial charge in [0.15, 0.2) is 0 Å². The smallest absolute Gasteiger partial charge is 0.326 e. The standard InChI is InChI=1S/C16H21NO2/c1-14(2,3)19-13(18)16-9-15(10-16,11-17-16)12-7-5-4-6-8-12/h4-8,17H,9-11H2,1-3H3. The van der Waals surface area contributed by atoms with Gasteiger partial charge in [0.2, 0.25) is 0 Å². The lowest BCUT2D eigenvalue weighted by Crippen LogP contribution is -2.57. The molecule has 0 atom stereocenters. The van der Waals surface area contributed by atoms with Gasteiger partial charge in [-0.3, -0.25) is 4.79 Å². The highest BCUT2D eigenvalue weighted by atomic mass is 16.6. The minimum atomic E-state index is -0.441. The molecule has 1 aromatic rings. The molecule has 0 unspecified atom stereocenters. The first-order valence-corrected chi connectivity index (χ1v) is 6.89. The van der Waals surface area contributed by atoms with E-state index in [1.165, 1.54) is 5.56 Å². The van der Waals surface area contributed by atoms with Gasteiger partial charge in [-0.15, -0.1) is 0 Å². The summed E-state index contributed by atoms with van der Waals surface area (Å²) in [5.41, 5.74) is 0.613. The van der Waals surface area contributed by atoms with Gasteiger partial charge in [0.05, 0.1) is 0 Å². The van der Waals surface area contributed by atoms with E-state index in [-0.39, 0.29) is 11.4 Å². The van der Waals surface area contributed by atoms with E-state index in [0.29, 0.717) is 0 Å². The minimum Gasteiger partial charge on any atom is -0.459 e. The molecule has 3 fully saturated rings. The zero-order valence-electron chi connectivity index (χ0n) is 11.8. The molecule has 0 radical (unpaired) electrons. The van der Waals surface area contributed by atoms with E-state index in [9.17, 15) is 4.79 Å². The molecular weight excluding hydrogens is 238 g/mol. The van der Waals surface area contributed by atoms with Crippen LogP contribution in [0, 0.1) is 0 Å². The number of ether oxygens (including phenoxy) is 1. The van der Waals surface area contributed by atoms with E-state index >= 15 is 0 Å². The first-order chi connectivity index (χ1) is 8.85. The van der Waals surface area contributed by atoms with Gasteiger partial charge >= 0.3 is 5.97 Å². The molecule has 1 aromatic carbocycles. The van der Waals surface area contributed by atoms with E-state index in [0.717, 1.165) is 19.4 Å². The van der Waals surface area contributed by atoms with Crippen LogP contribution in [0.25, 0.3) is 0 Å². The number of rotatable bonds is 2. The second-order valence-electron chi connectivity index (χ2n) is 6.94. The third-order valence-corrected chi connectivity index (χ3v) is 4.22. The predicted molar refractivity (Wildman–Crippen MR) is 73.9 cm³/mol. The Balaban J connectivity index is 1.76. The number of nitrogens with one attached hydrogen (secondary N) is 1. The van der Waals surface area contributed by atoms with Gasteiger partial charge in [-0.25, -0.2) is 0 Å². The number of hydrogen-bond donors (Lipinski definition) is 1. The van der Waals surface area contributed by atoms with Crippen molar-refractivity contribution in [1.82, 2.24) is 5.32 Å². The molecule has 1 aliphatic carbocycles. The van der Waals surface area contributed by atoms with Crippen molar-refractivity contribution in [3.63, 3.8) is 0 Å². The minimum absolute atomic E-state index is 0.0935. The summed E-state index contributed by atoms with van der Waals surface area (Å²) in [6.45, 7) is 6.62. The van der Waals surface area contributed by atoms with Gasteiger partial charge in [-0.05, 0) is 39.2 Å². The molecule has 2 bridgehead atoms. The van der Waals surface area contributed by atoms with E-state index < -0.39 is 11.1 Å². The topological polar surface area (TPSA) is 38.3 Å². The molecular formula is C16H21NO2. The molecule has 0 spiro atoms. The summed E-state index contributed by atoms with van der Waals surface area (Å²) >= 11 is 0. The molecule has 3 aliphatic rings. The van der Waals surface area contributed by atoms with Gasteiger partial charge in [0.1, 0.15) is 11.1 Å². The summed E-state index contributed by atoms with van der Waals surface area (Å²) in [6.07, 6.45) is 1.72. The summed E-state index contributed by atoms with van der Waals surface area (Å²) in [6, 6.07) is 10.5. The Kier molecular flexibility index (Phi) is 2.55. The van der Waals surface area contributed by atoms with E-state index in [2.05, 4.69) is 29.6 Å². The van der Waals surface area contributed by atoms with E-state index in [4.69, 9.17) is 4.74 Å². The summed E-state index contributed by atoms with van der Waals surface area (Å²) in [7, 11) is 0. The fraction of sp³-hybridized carbons (Fsp3) is 0.562. The maximum absolute atomic E-state index is 12.3. The summed E-state index contributed by atoms with van der Waals surface area (Å²) < 4.78 is 5.54. The van der Waals surface area contributed by atoms with Crippen LogP contribution in [0.5, 0.6) is 0 Å². The molecule has 1 N–H and O–H groups in total. The van der Waals surface area contributed by atoms with Gasteiger partial charge in [-0.2, -0.15) is 0 Å². The second-order valence-corrected chi connectivity index (χ2v) is 6.94. The van der Waals surface area contributed by atoms with Crippen LogP contribution in [0.2, 0.25) is 0 Å². The Morgan fingerprint density at radius 2 is 1.84 bits per heavy atom. The number of carbonyl (C=O) groups is 1. The number of esters is 1. The van der Waals surface area contributed by atoms with Crippen molar-refractivity contribution >= 4 is 5.97 Å². The van der Waals surface area contributed by atoms with Crippen molar-refractivity contribution in [2.45, 2.75) is 50.2 Å². The lowest BCUT2D eigenvalue weighted by atomic mass is 9.59. The Bertz CT molecular complexity index is 495. The average molecular weight is 259 g/mol. The van der Waals surface area contributed by atoms with Crippen molar-refractivity contribution in [1.29, 1.82) is 0 Å². The maximum atomic E-state index is 12.3. The van der Waals surface area contributed by atoms with Crippen molar-refractivity contribution < 1.29 is 9.53 Å². The Hall–Kier alpha value is -1.35. The van der Waals surface area contributed by atoms with Crippen molar-refractivity contribution in [2.24, 2.45) is 0 Å². The van der Waals surface area contributed by atoms with Crippen LogP contribution in [0.4, 0.5) is 0 Å². The van der Waals surface area contributed by atoms with Gasteiger partial charge in [-0.1, -0.05) is 30.3 Å². The van der Waals surface area contributed by atoms with Crippen LogP contribution in [0.3, 0.4) is 0 Å². The largest absolute Gasteiger partial charge is 0.459 e. The van der Waals surface area contributed by atoms with Crippen LogP contribution in [-0.4, -0.2) is 23.7 Å². The van der Waals surface area contributed by atoms with E-state index in [1.54, 1.807) is 0 Å². The van der Waals surface area contributed by atoms with Crippen molar-refractivity contribution in [3.05, 3.63) is 35.9 Å². The third-order valence-electron chi connectivity index (χ3n) is 4.22.